The number of carboxylic acids is 1. The lowest BCUT2D eigenvalue weighted by Gasteiger charge is -2.33. The number of nitrogens with zero attached hydrogens (tertiary/aromatic N) is 3. The molecule has 5 nitrogen and oxygen atoms in total. The van der Waals surface area contributed by atoms with Crippen LogP contribution in [0.1, 0.15) is 51.9 Å². The van der Waals surface area contributed by atoms with Crippen LogP contribution in [0.3, 0.4) is 0 Å². The van der Waals surface area contributed by atoms with Crippen molar-refractivity contribution in [2.75, 3.05) is 39.3 Å². The molecule has 2 fully saturated rings. The first kappa shape index (κ1) is 29.8. The number of fused-ring (bicyclic) bond motifs is 4. The van der Waals surface area contributed by atoms with Crippen molar-refractivity contribution >= 4 is 59.2 Å². The van der Waals surface area contributed by atoms with Crippen molar-refractivity contribution in [2.45, 2.75) is 51.9 Å². The fourth-order valence-corrected chi connectivity index (χ4v) is 8.34. The molecule has 2 atom stereocenters. The van der Waals surface area contributed by atoms with Gasteiger partial charge in [-0.05, 0) is 78.0 Å². The molecule has 1 saturated heterocycles. The third-order valence-corrected chi connectivity index (χ3v) is 10.2. The number of aliphatic imine (C=N–C) groups is 1. The largest absolute Gasteiger partial charge is 0.476 e. The van der Waals surface area contributed by atoms with Crippen LogP contribution in [-0.2, 0) is 4.79 Å². The molecule has 0 aromatic carbocycles. The summed E-state index contributed by atoms with van der Waals surface area (Å²) in [6.45, 7) is 8.02. The summed E-state index contributed by atoms with van der Waals surface area (Å²) in [5.74, 6) is 0.460. The molecule has 3 aliphatic carbocycles. The monoisotopic (exact) mass is 597 g/mol. The van der Waals surface area contributed by atoms with Gasteiger partial charge in [-0.2, -0.15) is 0 Å². The number of aliphatic carboxylic acids is 1. The number of carboxylic acid groups (broad SMARTS) is 1. The fourth-order valence-electron chi connectivity index (χ4n) is 7.03. The van der Waals surface area contributed by atoms with Gasteiger partial charge in [0.2, 0.25) is 0 Å². The van der Waals surface area contributed by atoms with Crippen LogP contribution < -0.4 is 0 Å². The van der Waals surface area contributed by atoms with Gasteiger partial charge in [0.25, 0.3) is 0 Å². The Morgan fingerprint density at radius 1 is 1.11 bits per heavy atom. The third kappa shape index (κ3) is 5.67. The summed E-state index contributed by atoms with van der Waals surface area (Å²) in [7, 11) is 0. The van der Waals surface area contributed by atoms with Crippen molar-refractivity contribution in [1.82, 2.24) is 9.80 Å². The molecule has 1 N–H and O–H groups in total. The minimum atomic E-state index is -0.924. The Labute approximate surface area is 248 Å². The number of piperidine rings is 1. The van der Waals surface area contributed by atoms with Gasteiger partial charge in [0.15, 0.2) is 5.04 Å². The summed E-state index contributed by atoms with van der Waals surface area (Å²) in [5, 5.41) is 10.9. The van der Waals surface area contributed by atoms with Crippen LogP contribution in [0.4, 0.5) is 0 Å². The number of likely N-dealkylation sites (tertiary alicyclic amines) is 1. The molecule has 0 aromatic heterocycles. The average Bonchev–Trinajstić information content (AvgIpc) is 3.35. The molecule has 0 radical (unpaired) electrons. The van der Waals surface area contributed by atoms with Gasteiger partial charge in [-0.1, -0.05) is 55.6 Å². The average molecular weight is 599 g/mol. The first-order valence-corrected chi connectivity index (χ1v) is 14.9. The second-order valence-electron chi connectivity index (χ2n) is 11.3. The Hall–Kier alpha value is -1.18. The molecule has 1 saturated carbocycles. The summed E-state index contributed by atoms with van der Waals surface area (Å²) in [6, 6.07) is 0. The van der Waals surface area contributed by atoms with Gasteiger partial charge in [0.1, 0.15) is 0 Å². The standard InChI is InChI=1S/C29H36ClN3O2S.2ClH/c1-18-6-5-11-32(15-18)12-13-33-16-20-14-31-28(29(34)35)36-27(20)26-22(17-33)25-21(9-10-23(25)30)24(26)19-7-3-2-4-8-19;;/h9-10,17-19,25H,2-8,11-16H2,1H3,(H,34,35);2*1H. The molecule has 6 rings (SSSR count). The normalized spacial score (nSPS) is 27.7. The lowest BCUT2D eigenvalue weighted by molar-refractivity contribution is -0.129. The number of allylic oxidation sites excluding steroid dienone is 7. The van der Waals surface area contributed by atoms with Crippen LogP contribution in [-0.4, -0.2) is 65.2 Å². The van der Waals surface area contributed by atoms with E-state index in [4.69, 9.17) is 11.6 Å². The highest BCUT2D eigenvalue weighted by molar-refractivity contribution is 8.19. The lowest BCUT2D eigenvalue weighted by Crippen LogP contribution is -2.39. The van der Waals surface area contributed by atoms with E-state index in [1.165, 1.54) is 97.7 Å². The van der Waals surface area contributed by atoms with E-state index < -0.39 is 5.97 Å². The highest BCUT2D eigenvalue weighted by Gasteiger charge is 2.44. The summed E-state index contributed by atoms with van der Waals surface area (Å²) in [5.41, 5.74) is 6.61. The number of hydrogen-bond acceptors (Lipinski definition) is 5. The first-order chi connectivity index (χ1) is 17.5. The zero-order chi connectivity index (χ0) is 24.8. The summed E-state index contributed by atoms with van der Waals surface area (Å²) >= 11 is 8.26. The Balaban J connectivity index is 0.00000168. The maximum Gasteiger partial charge on any atom is 0.361 e. The van der Waals surface area contributed by atoms with Crippen LogP contribution in [0.2, 0.25) is 0 Å². The van der Waals surface area contributed by atoms with E-state index in [9.17, 15) is 9.90 Å². The molecule has 3 aliphatic heterocycles. The van der Waals surface area contributed by atoms with Crippen molar-refractivity contribution in [2.24, 2.45) is 22.7 Å². The van der Waals surface area contributed by atoms with E-state index in [1.54, 1.807) is 0 Å². The van der Waals surface area contributed by atoms with Crippen LogP contribution in [0, 0.1) is 17.8 Å². The minimum absolute atomic E-state index is 0. The summed E-state index contributed by atoms with van der Waals surface area (Å²) in [4.78, 5) is 22.6. The Morgan fingerprint density at radius 3 is 2.63 bits per heavy atom. The van der Waals surface area contributed by atoms with Gasteiger partial charge in [0.05, 0.1) is 6.54 Å². The highest BCUT2D eigenvalue weighted by Crippen LogP contribution is 2.58. The van der Waals surface area contributed by atoms with Gasteiger partial charge >= 0.3 is 5.97 Å². The van der Waals surface area contributed by atoms with E-state index in [0.717, 1.165) is 35.5 Å². The van der Waals surface area contributed by atoms with Gasteiger partial charge in [-0.15, -0.1) is 24.8 Å². The van der Waals surface area contributed by atoms with Crippen molar-refractivity contribution in [3.8, 4) is 0 Å². The Kier molecular flexibility index (Phi) is 9.84. The van der Waals surface area contributed by atoms with E-state index in [2.05, 4.69) is 40.1 Å². The second kappa shape index (κ2) is 12.6. The first-order valence-electron chi connectivity index (χ1n) is 13.7. The lowest BCUT2D eigenvalue weighted by atomic mass is 9.80. The van der Waals surface area contributed by atoms with E-state index in [0.29, 0.717) is 12.5 Å². The molecular weight excluding hydrogens is 561 g/mol. The van der Waals surface area contributed by atoms with E-state index >= 15 is 0 Å². The van der Waals surface area contributed by atoms with Crippen LogP contribution in [0.15, 0.2) is 61.1 Å². The number of thioether (sulfide) groups is 1. The van der Waals surface area contributed by atoms with Gasteiger partial charge < -0.3 is 14.9 Å². The number of rotatable bonds is 5. The highest BCUT2D eigenvalue weighted by atomic mass is 35.5. The molecule has 6 aliphatic rings. The SMILES string of the molecule is CC1CCCN(CCN2C=C3C(=C(C4CCCCC4)C4=CC=C(Cl)C34)C3=C(CN=C(C(=O)O)S3)C2)C1.Cl.Cl. The second-order valence-corrected chi connectivity index (χ2v) is 12.7. The van der Waals surface area contributed by atoms with Crippen LogP contribution in [0.5, 0.6) is 0 Å². The molecule has 9 heteroatoms. The van der Waals surface area contributed by atoms with Crippen LogP contribution >= 0.6 is 48.2 Å². The van der Waals surface area contributed by atoms with Gasteiger partial charge in [-0.25, -0.2) is 4.79 Å². The minimum Gasteiger partial charge on any atom is -0.476 e. The quantitative estimate of drug-likeness (QED) is 0.377. The predicted molar refractivity (Wildman–Crippen MR) is 163 cm³/mol. The zero-order valence-electron chi connectivity index (χ0n) is 22.0. The predicted octanol–water partition coefficient (Wildman–Crippen LogP) is 6.81. The van der Waals surface area contributed by atoms with Crippen molar-refractivity contribution in [3.63, 3.8) is 0 Å². The number of carbonyl (C=O) groups is 1. The molecular formula is C29H38Cl3N3O2S. The van der Waals surface area contributed by atoms with Gasteiger partial charge in [-0.3, -0.25) is 4.99 Å². The van der Waals surface area contributed by atoms with E-state index in [1.807, 2.05) is 0 Å². The van der Waals surface area contributed by atoms with E-state index in [-0.39, 0.29) is 35.8 Å². The molecule has 0 amide bonds. The maximum atomic E-state index is 11.9. The molecule has 0 spiro atoms. The van der Waals surface area contributed by atoms with Crippen molar-refractivity contribution in [3.05, 3.63) is 56.2 Å². The van der Waals surface area contributed by atoms with Crippen molar-refractivity contribution in [1.29, 1.82) is 0 Å². The zero-order valence-corrected chi connectivity index (χ0v) is 25.2. The molecule has 0 aromatic rings. The van der Waals surface area contributed by atoms with Gasteiger partial charge in [0, 0.05) is 48.2 Å². The Morgan fingerprint density at radius 2 is 1.89 bits per heavy atom. The van der Waals surface area contributed by atoms with Crippen molar-refractivity contribution < 1.29 is 9.90 Å². The third-order valence-electron chi connectivity index (χ3n) is 8.71. The summed E-state index contributed by atoms with van der Waals surface area (Å²) in [6.07, 6.45) is 15.6. The molecule has 0 bridgehead atoms. The molecule has 2 unspecified atom stereocenters. The Bertz CT molecular complexity index is 1150. The summed E-state index contributed by atoms with van der Waals surface area (Å²) < 4.78 is 0. The number of hydrogen-bond donors (Lipinski definition) is 1. The van der Waals surface area contributed by atoms with Crippen LogP contribution in [0.25, 0.3) is 0 Å². The number of halogens is 3. The smallest absolute Gasteiger partial charge is 0.361 e. The maximum absolute atomic E-state index is 11.9. The topological polar surface area (TPSA) is 56.1 Å². The molecule has 3 heterocycles. The fraction of sp³-hybridized carbons (Fsp3) is 0.586. The molecule has 208 valence electrons. The molecule has 38 heavy (non-hydrogen) atoms.